The molecule has 3 N–H and O–H groups in total. The van der Waals surface area contributed by atoms with Crippen molar-refractivity contribution in [3.8, 4) is 11.4 Å². The topological polar surface area (TPSA) is 136 Å². The third kappa shape index (κ3) is 4.67. The Hall–Kier alpha value is -2.41. The van der Waals surface area contributed by atoms with E-state index in [2.05, 4.69) is 20.2 Å². The largest absolute Gasteiger partial charge is 0.378 e. The van der Waals surface area contributed by atoms with Gasteiger partial charge in [0.25, 0.3) is 0 Å². The molecule has 1 fully saturated rings. The number of thiophene rings is 1. The lowest BCUT2D eigenvalue weighted by Gasteiger charge is -2.28. The summed E-state index contributed by atoms with van der Waals surface area (Å²) in [6.07, 6.45) is 3.22. The van der Waals surface area contributed by atoms with Crippen molar-refractivity contribution in [2.75, 3.05) is 48.6 Å². The number of fused-ring (bicyclic) bond motifs is 1. The van der Waals surface area contributed by atoms with Gasteiger partial charge in [-0.15, -0.1) is 11.3 Å². The summed E-state index contributed by atoms with van der Waals surface area (Å²) in [5.74, 6) is 1.63. The lowest BCUT2D eigenvalue weighted by atomic mass is 10.3. The van der Waals surface area contributed by atoms with Gasteiger partial charge in [0.05, 0.1) is 34.9 Å². The van der Waals surface area contributed by atoms with E-state index in [1.807, 2.05) is 6.07 Å². The van der Waals surface area contributed by atoms with Crippen molar-refractivity contribution in [1.29, 1.82) is 0 Å². The number of nitrogens with two attached hydrogens (primary N) is 1. The molecule has 160 valence electrons. The molecule has 0 aliphatic carbocycles. The van der Waals surface area contributed by atoms with Gasteiger partial charge in [0.2, 0.25) is 5.95 Å². The number of ether oxygens (including phenoxy) is 1. The highest BCUT2D eigenvalue weighted by Crippen LogP contribution is 2.34. The minimum Gasteiger partial charge on any atom is -0.378 e. The molecule has 3 aromatic rings. The smallest absolute Gasteiger partial charge is 0.219 e. The number of hydrogen-bond donors (Lipinski definition) is 2. The molecule has 0 atom stereocenters. The number of morpholine rings is 1. The average Bonchev–Trinajstić information content (AvgIpc) is 3.17. The van der Waals surface area contributed by atoms with E-state index in [9.17, 15) is 8.42 Å². The van der Waals surface area contributed by atoms with Crippen LogP contribution in [-0.4, -0.2) is 66.3 Å². The van der Waals surface area contributed by atoms with Crippen LogP contribution in [0.3, 0.4) is 0 Å². The van der Waals surface area contributed by atoms with E-state index in [1.54, 1.807) is 30.7 Å². The number of aromatic nitrogens is 4. The zero-order valence-electron chi connectivity index (χ0n) is 16.5. The molecule has 3 aromatic heterocycles. The molecule has 0 saturated carbocycles. The highest BCUT2D eigenvalue weighted by Gasteiger charge is 2.20. The molecule has 0 unspecified atom stereocenters. The lowest BCUT2D eigenvalue weighted by Crippen LogP contribution is -2.36. The molecule has 12 heteroatoms. The van der Waals surface area contributed by atoms with Crippen molar-refractivity contribution in [3.63, 3.8) is 0 Å². The Morgan fingerprint density at radius 1 is 1.23 bits per heavy atom. The Morgan fingerprint density at radius 3 is 2.67 bits per heavy atom. The maximum Gasteiger partial charge on any atom is 0.219 e. The van der Waals surface area contributed by atoms with Crippen molar-refractivity contribution in [2.24, 2.45) is 0 Å². The van der Waals surface area contributed by atoms with Crippen LogP contribution < -0.4 is 16.0 Å². The standard InChI is InChI=1S/C18H23N7O3S2/c1-2-30(26,27)11-20-10-13-7-14-15(29-13)17(25-3-5-28-6-4-25)24-16(23-14)12-8-21-18(19)22-9-12/h7-9,20H,2-6,10-11H2,1H3,(H2,19,21,22). The second-order valence-corrected chi connectivity index (χ2v) is 10.3. The summed E-state index contributed by atoms with van der Waals surface area (Å²) in [4.78, 5) is 20.8. The summed E-state index contributed by atoms with van der Waals surface area (Å²) < 4.78 is 29.9. The van der Waals surface area contributed by atoms with Crippen LogP contribution in [0.5, 0.6) is 0 Å². The van der Waals surface area contributed by atoms with Gasteiger partial charge in [0.15, 0.2) is 21.5 Å². The number of anilines is 2. The van der Waals surface area contributed by atoms with E-state index in [0.717, 1.165) is 34.0 Å². The second kappa shape index (κ2) is 8.76. The van der Waals surface area contributed by atoms with Crippen LogP contribution in [0.4, 0.5) is 11.8 Å². The number of nitrogens with one attached hydrogen (secondary N) is 1. The zero-order chi connectivity index (χ0) is 21.1. The predicted molar refractivity (Wildman–Crippen MR) is 117 cm³/mol. The zero-order valence-corrected chi connectivity index (χ0v) is 18.2. The van der Waals surface area contributed by atoms with Gasteiger partial charge in [-0.1, -0.05) is 6.92 Å². The third-order valence-electron chi connectivity index (χ3n) is 4.71. The molecular weight excluding hydrogens is 426 g/mol. The Bertz CT molecular complexity index is 1130. The van der Waals surface area contributed by atoms with E-state index in [-0.39, 0.29) is 17.6 Å². The normalized spacial score (nSPS) is 15.0. The van der Waals surface area contributed by atoms with Crippen molar-refractivity contribution in [3.05, 3.63) is 23.3 Å². The van der Waals surface area contributed by atoms with Crippen LogP contribution >= 0.6 is 11.3 Å². The minimum atomic E-state index is -3.07. The van der Waals surface area contributed by atoms with Crippen LogP contribution in [0.1, 0.15) is 11.8 Å². The van der Waals surface area contributed by atoms with Crippen LogP contribution in [0.2, 0.25) is 0 Å². The molecule has 0 aromatic carbocycles. The Morgan fingerprint density at radius 2 is 1.97 bits per heavy atom. The van der Waals surface area contributed by atoms with E-state index in [1.165, 1.54) is 0 Å². The Kier molecular flexibility index (Phi) is 6.09. The molecule has 30 heavy (non-hydrogen) atoms. The van der Waals surface area contributed by atoms with Crippen LogP contribution in [0, 0.1) is 0 Å². The van der Waals surface area contributed by atoms with Crippen molar-refractivity contribution >= 4 is 43.2 Å². The van der Waals surface area contributed by atoms with Gasteiger partial charge < -0.3 is 15.4 Å². The van der Waals surface area contributed by atoms with Crippen LogP contribution in [0.15, 0.2) is 18.5 Å². The van der Waals surface area contributed by atoms with E-state index in [4.69, 9.17) is 20.4 Å². The molecule has 0 bridgehead atoms. The molecule has 0 spiro atoms. The number of hydrogen-bond acceptors (Lipinski definition) is 11. The predicted octanol–water partition coefficient (Wildman–Crippen LogP) is 1.05. The maximum atomic E-state index is 11.7. The molecular formula is C18H23N7O3S2. The first-order chi connectivity index (χ1) is 14.4. The number of nitrogens with zero attached hydrogens (tertiary/aromatic N) is 5. The molecule has 10 nitrogen and oxygen atoms in total. The molecule has 0 radical (unpaired) electrons. The number of rotatable bonds is 7. The first kappa shape index (κ1) is 20.8. The Balaban J connectivity index is 1.69. The fourth-order valence-corrected chi connectivity index (χ4v) is 4.75. The Labute approximate surface area is 178 Å². The van der Waals surface area contributed by atoms with Crippen molar-refractivity contribution in [2.45, 2.75) is 13.5 Å². The van der Waals surface area contributed by atoms with Gasteiger partial charge in [-0.3, -0.25) is 5.32 Å². The SMILES string of the molecule is CCS(=O)(=O)CNCc1cc2nc(-c3cnc(N)nc3)nc(N3CCOCC3)c2s1. The summed E-state index contributed by atoms with van der Waals surface area (Å²) in [5, 5.41) is 3.01. The summed E-state index contributed by atoms with van der Waals surface area (Å²) in [6, 6.07) is 1.97. The molecule has 4 rings (SSSR count). The monoisotopic (exact) mass is 449 g/mol. The highest BCUT2D eigenvalue weighted by molar-refractivity contribution is 7.91. The van der Waals surface area contributed by atoms with Gasteiger partial charge in [-0.25, -0.2) is 28.4 Å². The van der Waals surface area contributed by atoms with Gasteiger partial charge in [0, 0.05) is 42.7 Å². The summed E-state index contributed by atoms with van der Waals surface area (Å²) in [5.41, 5.74) is 7.08. The van der Waals surface area contributed by atoms with E-state index in [0.29, 0.717) is 31.1 Å². The molecule has 1 saturated heterocycles. The van der Waals surface area contributed by atoms with Crippen LogP contribution in [-0.2, 0) is 21.1 Å². The average molecular weight is 450 g/mol. The highest BCUT2D eigenvalue weighted by atomic mass is 32.2. The summed E-state index contributed by atoms with van der Waals surface area (Å²) in [7, 11) is -3.07. The fourth-order valence-electron chi connectivity index (χ4n) is 3.06. The minimum absolute atomic E-state index is 0.0478. The fraction of sp³-hybridized carbons (Fsp3) is 0.444. The van der Waals surface area contributed by atoms with Crippen LogP contribution in [0.25, 0.3) is 21.6 Å². The van der Waals surface area contributed by atoms with Gasteiger partial charge in [0.1, 0.15) is 0 Å². The van der Waals surface area contributed by atoms with E-state index < -0.39 is 9.84 Å². The quantitative estimate of drug-likeness (QED) is 0.538. The molecule has 1 aliphatic rings. The lowest BCUT2D eigenvalue weighted by molar-refractivity contribution is 0.122. The molecule has 0 amide bonds. The van der Waals surface area contributed by atoms with Gasteiger partial charge in [-0.2, -0.15) is 0 Å². The first-order valence-corrected chi connectivity index (χ1v) is 12.2. The van der Waals surface area contributed by atoms with E-state index >= 15 is 0 Å². The summed E-state index contributed by atoms with van der Waals surface area (Å²) >= 11 is 1.57. The second-order valence-electron chi connectivity index (χ2n) is 6.83. The first-order valence-electron chi connectivity index (χ1n) is 9.57. The number of nitrogen functional groups attached to an aromatic ring is 1. The van der Waals surface area contributed by atoms with Gasteiger partial charge in [-0.05, 0) is 6.07 Å². The van der Waals surface area contributed by atoms with Crippen molar-refractivity contribution < 1.29 is 13.2 Å². The molecule has 4 heterocycles. The van der Waals surface area contributed by atoms with Crippen molar-refractivity contribution in [1.82, 2.24) is 25.3 Å². The summed E-state index contributed by atoms with van der Waals surface area (Å²) in [6.45, 7) is 4.85. The molecule has 1 aliphatic heterocycles. The van der Waals surface area contributed by atoms with Gasteiger partial charge >= 0.3 is 0 Å². The maximum absolute atomic E-state index is 11.7. The third-order valence-corrected chi connectivity index (χ3v) is 7.35. The number of sulfone groups is 1.